The molecule has 43 nitrogen and oxygen atoms in total. The molecule has 36 atom stereocenters. The highest BCUT2D eigenvalue weighted by atomic mass is 16.8. The van der Waals surface area contributed by atoms with Crippen LogP contribution in [0.25, 0.3) is 0 Å². The molecule has 0 saturated carbocycles. The second-order valence-corrected chi connectivity index (χ2v) is 24.0. The van der Waals surface area contributed by atoms with Gasteiger partial charge in [0.15, 0.2) is 37.7 Å². The molecule has 7 aliphatic heterocycles. The van der Waals surface area contributed by atoms with E-state index < -0.39 is 303 Å². The molecule has 96 heavy (non-hydrogen) atoms. The van der Waals surface area contributed by atoms with Gasteiger partial charge >= 0.3 is 5.97 Å². The van der Waals surface area contributed by atoms with Gasteiger partial charge in [-0.25, -0.2) is 4.79 Å². The Kier molecular flexibility index (Phi) is 28.2. The average molecular weight is 1410 g/mol. The Morgan fingerprint density at radius 3 is 1.24 bits per heavy atom. The van der Waals surface area contributed by atoms with Gasteiger partial charge in [-0.15, -0.1) is 0 Å². The molecule has 7 rings (SSSR count). The normalized spacial score (nSPS) is 46.0. The third-order valence-corrected chi connectivity index (χ3v) is 17.1. The summed E-state index contributed by atoms with van der Waals surface area (Å²) in [7, 11) is 0. The van der Waals surface area contributed by atoms with Crippen LogP contribution in [0.4, 0.5) is 0 Å². The number of amides is 4. The van der Waals surface area contributed by atoms with Crippen LogP contribution >= 0.6 is 0 Å². The van der Waals surface area contributed by atoms with Crippen LogP contribution in [0, 0.1) is 0 Å². The molecule has 0 aromatic rings. The van der Waals surface area contributed by atoms with E-state index in [1.165, 1.54) is 0 Å². The standard InChI is InChI=1S/C53H88N4O39/c1-13(63)54-25-17(67)5-53(52(82)83,95-44(25)29(69)18(68)6-58)96-45-32(72)20(8-60)88-51(40(45)80)94-43-28(57-16(4)66)46(81)86-24(33(43)73)12-85-48-27(56-15(3)65)35(75)42(22(10-62)90-48)93-50-39(79)37(77)31(71)23(91-50)11-84-47-26(55-14(2)64)34(74)41(21(9-61)89-47)92-49-38(78)36(76)30(70)19(7-59)87-49/h17-51,58-62,67-81H,5-12H2,1-4H3,(H,54,63)(H,55,64)(H,56,65)(H,57,66)(H,82,83)/t17-,18+,19+,20+,21+,22+,23+,24+,25+,26+,27+,28+,29+,30-,31-,32-,33-,34+,35+,36-,37-,38+,39+,40+,41+,42+,43+,44+,45-,46-,47+,48+,49-,50-,51-,53-/m0/s1. The van der Waals surface area contributed by atoms with Crippen molar-refractivity contribution in [3.05, 3.63) is 0 Å². The molecule has 0 aliphatic carbocycles. The molecule has 43 heteroatoms. The molecule has 554 valence electrons. The maximum atomic E-state index is 13.1. The summed E-state index contributed by atoms with van der Waals surface area (Å²) < 4.78 is 74.7. The van der Waals surface area contributed by atoms with Gasteiger partial charge in [0.25, 0.3) is 5.79 Å². The zero-order valence-corrected chi connectivity index (χ0v) is 51.6. The van der Waals surface area contributed by atoms with Crippen molar-refractivity contribution in [1.82, 2.24) is 21.3 Å². The van der Waals surface area contributed by atoms with Crippen molar-refractivity contribution in [2.24, 2.45) is 0 Å². The molecule has 7 saturated heterocycles. The topological polar surface area (TPSA) is 678 Å². The van der Waals surface area contributed by atoms with Crippen LogP contribution in [-0.4, -0.2) is 403 Å². The minimum atomic E-state index is -3.23. The summed E-state index contributed by atoms with van der Waals surface area (Å²) in [4.78, 5) is 62.9. The fourth-order valence-electron chi connectivity index (χ4n) is 12.1. The van der Waals surface area contributed by atoms with E-state index in [4.69, 9.17) is 61.6 Å². The van der Waals surface area contributed by atoms with E-state index in [-0.39, 0.29) is 0 Å². The SMILES string of the molecule is CC(=O)N[C@@H]1[C@@H](O[C@@H]2O[C@H](CO)[C@H](O)[C@H](O[C@]3(C(=O)O)C[C@H](O)[C@@H](NC(C)=O)[C@H]([C@H](O)[C@H](O)CO)O3)[C@H]2O)[C@@H](O)[C@@H](CO[C@@H]2O[C@H](CO)[C@@H](O[C@@H]3O[C@H](CO[C@@H]4O[C@H](CO)[C@@H](O[C@@H]5O[C@H](CO)[C@H](O)[C@H](O)[C@H]5O)[C@H](O)[C@H]4NC(C)=O)[C@H](O)[C@H](O)[C@H]3O)[C@H](O)[C@H]2NC(C)=O)O[C@@H]1O. The molecular weight excluding hydrogens is 1320 g/mol. The van der Waals surface area contributed by atoms with Gasteiger partial charge in [-0.3, -0.25) is 19.2 Å². The molecule has 0 aromatic heterocycles. The molecule has 7 aliphatic rings. The maximum absolute atomic E-state index is 13.1. The number of carbonyl (C=O) groups is 5. The number of hydrogen-bond acceptors (Lipinski definition) is 38. The smallest absolute Gasteiger partial charge is 0.364 e. The summed E-state index contributed by atoms with van der Waals surface area (Å²) in [6.45, 7) is -3.14. The summed E-state index contributed by atoms with van der Waals surface area (Å²) in [6, 6.07) is -6.96. The highest BCUT2D eigenvalue weighted by Gasteiger charge is 2.62. The Labute approximate surface area is 543 Å². The Morgan fingerprint density at radius 1 is 0.427 bits per heavy atom. The second-order valence-electron chi connectivity index (χ2n) is 24.0. The van der Waals surface area contributed by atoms with Gasteiger partial charge < -0.3 is 190 Å². The third kappa shape index (κ3) is 17.7. The molecule has 7 heterocycles. The van der Waals surface area contributed by atoms with Crippen molar-refractivity contribution in [2.75, 3.05) is 46.2 Å². The van der Waals surface area contributed by atoms with E-state index in [0.717, 1.165) is 27.7 Å². The molecule has 25 N–H and O–H groups in total. The van der Waals surface area contributed by atoms with Gasteiger partial charge in [0, 0.05) is 34.1 Å². The minimum absolute atomic E-state index is 0.802. The van der Waals surface area contributed by atoms with Crippen LogP contribution in [-0.2, 0) is 85.6 Å². The number of nitrogens with one attached hydrogen (secondary N) is 4. The average Bonchev–Trinajstić information content (AvgIpc) is 0.760. The summed E-state index contributed by atoms with van der Waals surface area (Å²) in [5.41, 5.74) is 0. The lowest BCUT2D eigenvalue weighted by molar-refractivity contribution is -0.381. The monoisotopic (exact) mass is 1400 g/mol. The minimum Gasteiger partial charge on any atom is -0.477 e. The predicted octanol–water partition coefficient (Wildman–Crippen LogP) is -16.5. The van der Waals surface area contributed by atoms with Gasteiger partial charge in [0.05, 0.1) is 58.4 Å². The van der Waals surface area contributed by atoms with Crippen LogP contribution in [0.1, 0.15) is 34.1 Å². The summed E-state index contributed by atoms with van der Waals surface area (Å²) in [5, 5.41) is 237. The lowest BCUT2D eigenvalue weighted by Gasteiger charge is -2.51. The summed E-state index contributed by atoms with van der Waals surface area (Å²) in [5.74, 6) is -8.75. The molecule has 4 amide bonds. The number of aliphatic hydroxyl groups excluding tert-OH is 20. The highest BCUT2D eigenvalue weighted by Crippen LogP contribution is 2.40. The first-order chi connectivity index (χ1) is 45.2. The quantitative estimate of drug-likeness (QED) is 0.0382. The number of aliphatic hydroxyl groups is 20. The Balaban J connectivity index is 1.05. The van der Waals surface area contributed by atoms with Crippen molar-refractivity contribution < 1.29 is 193 Å². The summed E-state index contributed by atoms with van der Waals surface area (Å²) in [6.07, 6.45) is -63.2. The Bertz CT molecular complexity index is 2540. The van der Waals surface area contributed by atoms with Gasteiger partial charge in [0.1, 0.15) is 165 Å². The highest BCUT2D eigenvalue weighted by molar-refractivity contribution is 5.77. The molecule has 7 fully saturated rings. The van der Waals surface area contributed by atoms with Gasteiger partial charge in [0.2, 0.25) is 23.6 Å². The molecule has 0 aromatic carbocycles. The molecule has 0 radical (unpaired) electrons. The first-order valence-corrected chi connectivity index (χ1v) is 30.2. The van der Waals surface area contributed by atoms with Gasteiger partial charge in [-0.05, 0) is 0 Å². The van der Waals surface area contributed by atoms with E-state index in [9.17, 15) is 131 Å². The maximum Gasteiger partial charge on any atom is 0.364 e. The van der Waals surface area contributed by atoms with Gasteiger partial charge in [-0.2, -0.15) is 0 Å². The first kappa shape index (κ1) is 79.4. The first-order valence-electron chi connectivity index (χ1n) is 30.2. The van der Waals surface area contributed by atoms with Crippen molar-refractivity contribution >= 4 is 29.6 Å². The third-order valence-electron chi connectivity index (χ3n) is 17.1. The van der Waals surface area contributed by atoms with E-state index in [0.29, 0.717) is 0 Å². The molecule has 0 bridgehead atoms. The number of ether oxygens (including phenoxy) is 13. The zero-order valence-electron chi connectivity index (χ0n) is 51.6. The number of aliphatic carboxylic acids is 1. The number of carbonyl (C=O) groups excluding carboxylic acids is 4. The van der Waals surface area contributed by atoms with Crippen LogP contribution in [0.5, 0.6) is 0 Å². The van der Waals surface area contributed by atoms with Crippen molar-refractivity contribution in [1.29, 1.82) is 0 Å². The van der Waals surface area contributed by atoms with Crippen LogP contribution in [0.2, 0.25) is 0 Å². The number of rotatable bonds is 26. The Hall–Kier alpha value is -3.97. The van der Waals surface area contributed by atoms with Crippen molar-refractivity contribution in [2.45, 2.75) is 254 Å². The van der Waals surface area contributed by atoms with E-state index in [1.54, 1.807) is 0 Å². The number of hydrogen-bond donors (Lipinski definition) is 25. The summed E-state index contributed by atoms with van der Waals surface area (Å²) >= 11 is 0. The van der Waals surface area contributed by atoms with E-state index in [1.807, 2.05) is 0 Å². The number of carboxylic acids is 1. The van der Waals surface area contributed by atoms with Crippen molar-refractivity contribution in [3.8, 4) is 0 Å². The number of carboxylic acid groups (broad SMARTS) is 1. The largest absolute Gasteiger partial charge is 0.477 e. The zero-order chi connectivity index (χ0) is 71.3. The predicted molar refractivity (Wildman–Crippen MR) is 295 cm³/mol. The molecular formula is C53H88N4O39. The van der Waals surface area contributed by atoms with Crippen LogP contribution < -0.4 is 21.3 Å². The molecule has 0 spiro atoms. The molecule has 0 unspecified atom stereocenters. The lowest BCUT2D eigenvalue weighted by Crippen LogP contribution is -2.71. The fraction of sp³-hybridized carbons (Fsp3) is 0.906. The van der Waals surface area contributed by atoms with Crippen LogP contribution in [0.15, 0.2) is 0 Å². The fourth-order valence-corrected chi connectivity index (χ4v) is 12.1. The second kappa shape index (κ2) is 34.1. The van der Waals surface area contributed by atoms with Crippen LogP contribution in [0.3, 0.4) is 0 Å². The van der Waals surface area contributed by atoms with Gasteiger partial charge in [-0.1, -0.05) is 0 Å². The lowest BCUT2D eigenvalue weighted by atomic mass is 9.88. The van der Waals surface area contributed by atoms with E-state index in [2.05, 4.69) is 21.3 Å². The van der Waals surface area contributed by atoms with E-state index >= 15 is 0 Å². The van der Waals surface area contributed by atoms with Crippen molar-refractivity contribution in [3.63, 3.8) is 0 Å². The Morgan fingerprint density at radius 2 is 0.802 bits per heavy atom.